The number of aromatic amines is 1. The lowest BCUT2D eigenvalue weighted by Crippen LogP contribution is -2.28. The molecule has 0 aliphatic heterocycles. The predicted octanol–water partition coefficient (Wildman–Crippen LogP) is 2.55. The van der Waals surface area contributed by atoms with E-state index in [2.05, 4.69) is 4.98 Å². The molecule has 0 amide bonds. The van der Waals surface area contributed by atoms with E-state index in [4.69, 9.17) is 14.2 Å². The minimum atomic E-state index is -3.50. The zero-order chi connectivity index (χ0) is 23.5. The lowest BCUT2D eigenvalue weighted by atomic mass is 10.1. The first-order chi connectivity index (χ1) is 15.2. The lowest BCUT2D eigenvalue weighted by molar-refractivity contribution is 0.0528. The number of ether oxygens (including phenoxy) is 3. The van der Waals surface area contributed by atoms with Crippen LogP contribution in [0.1, 0.15) is 35.8 Å². The molecule has 0 aliphatic carbocycles. The van der Waals surface area contributed by atoms with Gasteiger partial charge in [0.1, 0.15) is 9.84 Å². The predicted molar refractivity (Wildman–Crippen MR) is 121 cm³/mol. The van der Waals surface area contributed by atoms with Gasteiger partial charge >= 0.3 is 11.7 Å². The van der Waals surface area contributed by atoms with Gasteiger partial charge in [0.05, 0.1) is 48.7 Å². The number of methoxy groups -OCH3 is 1. The molecule has 0 spiro atoms. The van der Waals surface area contributed by atoms with Crippen LogP contribution < -0.4 is 15.2 Å². The van der Waals surface area contributed by atoms with Gasteiger partial charge in [-0.2, -0.15) is 0 Å². The summed E-state index contributed by atoms with van der Waals surface area (Å²) in [5.41, 5.74) is 0.877. The van der Waals surface area contributed by atoms with Crippen molar-refractivity contribution in [3.63, 3.8) is 0 Å². The number of esters is 1. The summed E-state index contributed by atoms with van der Waals surface area (Å²) >= 11 is 0. The fraction of sp³-hybridized carbons (Fsp3) is 0.364. The van der Waals surface area contributed by atoms with Gasteiger partial charge in [0.25, 0.3) is 0 Å². The minimum Gasteiger partial charge on any atom is -0.493 e. The van der Waals surface area contributed by atoms with Crippen molar-refractivity contribution in [2.24, 2.45) is 0 Å². The second-order valence-corrected chi connectivity index (χ2v) is 9.36. The molecule has 0 unspecified atom stereocenters. The van der Waals surface area contributed by atoms with E-state index in [1.54, 1.807) is 43.3 Å². The largest absolute Gasteiger partial charge is 0.493 e. The number of benzene rings is 2. The Hall–Kier alpha value is -3.27. The highest BCUT2D eigenvalue weighted by atomic mass is 32.2. The average Bonchev–Trinajstić information content (AvgIpc) is 3.07. The van der Waals surface area contributed by atoms with Gasteiger partial charge in [-0.25, -0.2) is 18.0 Å². The van der Waals surface area contributed by atoms with Gasteiger partial charge in [0.2, 0.25) is 0 Å². The van der Waals surface area contributed by atoms with Crippen LogP contribution >= 0.6 is 0 Å². The van der Waals surface area contributed by atoms with Crippen LogP contribution in [-0.4, -0.2) is 56.3 Å². The average molecular weight is 463 g/mol. The molecule has 0 fully saturated rings. The highest BCUT2D eigenvalue weighted by molar-refractivity contribution is 7.90. The van der Waals surface area contributed by atoms with Gasteiger partial charge in [0.15, 0.2) is 11.5 Å². The summed E-state index contributed by atoms with van der Waals surface area (Å²) in [5, 5.41) is 0. The Kier molecular flexibility index (Phi) is 6.93. The molecule has 3 rings (SSSR count). The summed E-state index contributed by atoms with van der Waals surface area (Å²) in [5.74, 6) is 0.0198. The molecule has 0 radical (unpaired) electrons. The number of para-hydroxylation sites is 1. The Morgan fingerprint density at radius 3 is 2.50 bits per heavy atom. The molecule has 1 aromatic heterocycles. The molecule has 3 aromatic rings. The van der Waals surface area contributed by atoms with Crippen LogP contribution in [0, 0.1) is 0 Å². The van der Waals surface area contributed by atoms with Crippen molar-refractivity contribution in [1.29, 1.82) is 0 Å². The maximum atomic E-state index is 13.0. The van der Waals surface area contributed by atoms with Crippen LogP contribution in [0.2, 0.25) is 0 Å². The lowest BCUT2D eigenvalue weighted by Gasteiger charge is -2.20. The number of nitrogens with zero attached hydrogens (tertiary/aromatic N) is 1. The van der Waals surface area contributed by atoms with Gasteiger partial charge in [-0.05, 0) is 43.7 Å². The second-order valence-electron chi connectivity index (χ2n) is 7.17. The Labute approximate surface area is 185 Å². The third-order valence-electron chi connectivity index (χ3n) is 4.89. The standard InChI is InChI=1S/C22H26N2O7S/c1-5-30-19-12-14(10-11-18(19)29-3)17(13-32(4,27)28)24-16-9-7-8-15(21(25)31-6-2)20(16)23-22(24)26/h7-12,17H,5-6,13H2,1-4H3,(H,23,26)/t17-/m1/s1. The van der Waals surface area contributed by atoms with Crippen molar-refractivity contribution < 1.29 is 27.4 Å². The summed E-state index contributed by atoms with van der Waals surface area (Å²) < 4.78 is 42.0. The van der Waals surface area contributed by atoms with Crippen LogP contribution in [-0.2, 0) is 14.6 Å². The van der Waals surface area contributed by atoms with E-state index in [0.29, 0.717) is 29.2 Å². The Morgan fingerprint density at radius 2 is 1.88 bits per heavy atom. The summed E-state index contributed by atoms with van der Waals surface area (Å²) in [6.07, 6.45) is 1.11. The molecule has 1 heterocycles. The van der Waals surface area contributed by atoms with E-state index in [-0.39, 0.29) is 23.4 Å². The summed E-state index contributed by atoms with van der Waals surface area (Å²) in [4.78, 5) is 28.1. The van der Waals surface area contributed by atoms with E-state index in [1.165, 1.54) is 11.7 Å². The zero-order valence-electron chi connectivity index (χ0n) is 18.4. The van der Waals surface area contributed by atoms with Gasteiger partial charge < -0.3 is 19.2 Å². The number of aromatic nitrogens is 2. The Bertz CT molecular complexity index is 1290. The number of sulfone groups is 1. The van der Waals surface area contributed by atoms with Crippen molar-refractivity contribution in [2.45, 2.75) is 19.9 Å². The highest BCUT2D eigenvalue weighted by Crippen LogP contribution is 2.33. The molecule has 9 nitrogen and oxygen atoms in total. The molecule has 10 heteroatoms. The minimum absolute atomic E-state index is 0.183. The van der Waals surface area contributed by atoms with Gasteiger partial charge in [0, 0.05) is 6.26 Å². The number of hydrogen-bond donors (Lipinski definition) is 1. The zero-order valence-corrected chi connectivity index (χ0v) is 19.2. The van der Waals surface area contributed by atoms with Crippen LogP contribution in [0.3, 0.4) is 0 Å². The third-order valence-corrected chi connectivity index (χ3v) is 5.81. The van der Waals surface area contributed by atoms with Crippen LogP contribution in [0.5, 0.6) is 11.5 Å². The third kappa shape index (κ3) is 4.80. The van der Waals surface area contributed by atoms with Crippen molar-refractivity contribution in [3.8, 4) is 11.5 Å². The molecule has 0 saturated heterocycles. The van der Waals surface area contributed by atoms with Crippen molar-refractivity contribution in [1.82, 2.24) is 9.55 Å². The molecular formula is C22H26N2O7S. The van der Waals surface area contributed by atoms with Gasteiger partial charge in [-0.1, -0.05) is 12.1 Å². The first kappa shape index (κ1) is 23.4. The summed E-state index contributed by atoms with van der Waals surface area (Å²) in [6, 6.07) is 8.98. The Balaban J connectivity index is 2.25. The maximum absolute atomic E-state index is 13.0. The first-order valence-corrected chi connectivity index (χ1v) is 12.1. The summed E-state index contributed by atoms with van der Waals surface area (Å²) in [6.45, 7) is 4.07. The Morgan fingerprint density at radius 1 is 1.12 bits per heavy atom. The monoisotopic (exact) mass is 462 g/mol. The second kappa shape index (κ2) is 9.47. The maximum Gasteiger partial charge on any atom is 0.340 e. The normalized spacial score (nSPS) is 12.5. The van der Waals surface area contributed by atoms with Crippen molar-refractivity contribution in [2.75, 3.05) is 32.3 Å². The van der Waals surface area contributed by atoms with Gasteiger partial charge in [-0.15, -0.1) is 0 Å². The molecule has 0 aliphatic rings. The fourth-order valence-corrected chi connectivity index (χ4v) is 4.53. The molecule has 172 valence electrons. The summed E-state index contributed by atoms with van der Waals surface area (Å²) in [7, 11) is -1.99. The van der Waals surface area contributed by atoms with E-state index in [9.17, 15) is 18.0 Å². The molecule has 1 N–H and O–H groups in total. The number of imidazole rings is 1. The smallest absolute Gasteiger partial charge is 0.340 e. The number of carbonyl (C=O) groups excluding carboxylic acids is 1. The van der Waals surface area contributed by atoms with E-state index in [0.717, 1.165) is 6.26 Å². The van der Waals surface area contributed by atoms with Gasteiger partial charge in [-0.3, -0.25) is 4.57 Å². The number of fused-ring (bicyclic) bond motifs is 1. The van der Waals surface area contributed by atoms with Crippen LogP contribution in [0.15, 0.2) is 41.2 Å². The molecule has 1 atom stereocenters. The quantitative estimate of drug-likeness (QED) is 0.486. The first-order valence-electron chi connectivity index (χ1n) is 10.1. The van der Waals surface area contributed by atoms with Crippen molar-refractivity contribution >= 4 is 26.8 Å². The van der Waals surface area contributed by atoms with E-state index in [1.807, 2.05) is 6.92 Å². The highest BCUT2D eigenvalue weighted by Gasteiger charge is 2.26. The van der Waals surface area contributed by atoms with Crippen molar-refractivity contribution in [3.05, 3.63) is 58.0 Å². The molecule has 0 saturated carbocycles. The molecule has 32 heavy (non-hydrogen) atoms. The topological polar surface area (TPSA) is 117 Å². The van der Waals surface area contributed by atoms with E-state index >= 15 is 0 Å². The number of rotatable bonds is 9. The molecule has 0 bridgehead atoms. The fourth-order valence-electron chi connectivity index (χ4n) is 3.61. The van der Waals surface area contributed by atoms with E-state index < -0.39 is 27.5 Å². The number of H-pyrrole nitrogens is 1. The number of nitrogens with one attached hydrogen (secondary N) is 1. The van der Waals surface area contributed by atoms with Crippen LogP contribution in [0.4, 0.5) is 0 Å². The number of carbonyl (C=O) groups is 1. The number of hydrogen-bond acceptors (Lipinski definition) is 7. The van der Waals surface area contributed by atoms with Crippen LogP contribution in [0.25, 0.3) is 11.0 Å². The molecule has 2 aromatic carbocycles. The SMILES string of the molecule is CCOC(=O)c1cccc2c1[nH]c(=O)n2[C@H](CS(C)(=O)=O)c1ccc(OC)c(OCC)c1. The molecular weight excluding hydrogens is 436 g/mol.